The molecule has 0 aromatic heterocycles. The van der Waals surface area contributed by atoms with Crippen molar-refractivity contribution in [2.45, 2.75) is 162 Å². The second kappa shape index (κ2) is 25.3. The SMILES string of the molecule is CN[C@@H](C)C(=O)N[C@H](C(=O)N1CC(NC(=O)c2ccc(CN(C(=O)[C@@H]3Cc4ccccc4CN3C(=O)[C@@H](NC(=O)[C@H](C)NC)C(C)(C)C)C(C)c3ccccc3OC)cc2)C[C@H]1C(=O)NC1CCCc2ccccc21)C(C)(C)C. The smallest absolute Gasteiger partial charge is 0.251 e. The standard InChI is InChI=1S/C62H83N9O8/c1-37(63-10)54(72)67-52(61(4,5)6)59(77)70-35-44-22-14-13-21-43(44)32-50(70)58(76)69(39(3)46-24-17-18-27-51(46)79-12)34-40-28-30-42(31-29-40)56(74)65-45-33-49(57(75)66-48-26-19-23-41-20-15-16-25-47(41)48)71(36-45)60(78)53(62(7,8)9)68-55(73)38(2)64-11/h13-18,20-22,24-25,27-31,37-39,45,48-50,52-53,63-64H,19,23,26,32-36H2,1-12H3,(H,65,74)(H,66,75)(H,67,72)(H,68,73)/t37-,38-,39?,45?,48?,49-,50-,52+,53+/m0/s1. The molecule has 0 radical (unpaired) electrons. The van der Waals surface area contributed by atoms with Gasteiger partial charge in [0, 0.05) is 43.2 Å². The van der Waals surface area contributed by atoms with Crippen LogP contribution < -0.4 is 36.6 Å². The molecule has 9 atom stereocenters. The lowest BCUT2D eigenvalue weighted by atomic mass is 9.84. The van der Waals surface area contributed by atoms with Crippen LogP contribution in [0.2, 0.25) is 0 Å². The molecule has 424 valence electrons. The Bertz CT molecular complexity index is 2860. The van der Waals surface area contributed by atoms with Gasteiger partial charge in [0.25, 0.3) is 5.91 Å². The first kappa shape index (κ1) is 59.5. The zero-order valence-corrected chi connectivity index (χ0v) is 48.2. The molecule has 6 N–H and O–H groups in total. The molecule has 1 fully saturated rings. The van der Waals surface area contributed by atoms with Gasteiger partial charge in [0.05, 0.1) is 31.3 Å². The fourth-order valence-electron chi connectivity index (χ4n) is 11.0. The van der Waals surface area contributed by atoms with Gasteiger partial charge in [-0.3, -0.25) is 33.6 Å². The summed E-state index contributed by atoms with van der Waals surface area (Å²) in [5, 5.41) is 18.2. The summed E-state index contributed by atoms with van der Waals surface area (Å²) in [6.45, 7) is 16.9. The van der Waals surface area contributed by atoms with Crippen LogP contribution in [0.4, 0.5) is 0 Å². The third-order valence-corrected chi connectivity index (χ3v) is 16.1. The van der Waals surface area contributed by atoms with Crippen molar-refractivity contribution in [3.63, 3.8) is 0 Å². The topological polar surface area (TPSA) is 211 Å². The molecule has 0 spiro atoms. The summed E-state index contributed by atoms with van der Waals surface area (Å²) >= 11 is 0. The molecular weight excluding hydrogens is 999 g/mol. The van der Waals surface area contributed by atoms with Crippen LogP contribution in [0.15, 0.2) is 97.1 Å². The molecule has 1 aliphatic carbocycles. The van der Waals surface area contributed by atoms with E-state index >= 15 is 9.59 Å². The second-order valence-electron chi connectivity index (χ2n) is 23.7. The number of nitrogens with zero attached hydrogens (tertiary/aromatic N) is 3. The van der Waals surface area contributed by atoms with Crippen LogP contribution in [0.5, 0.6) is 5.75 Å². The van der Waals surface area contributed by atoms with E-state index in [1.165, 1.54) is 10.5 Å². The summed E-state index contributed by atoms with van der Waals surface area (Å²) in [5.74, 6) is -1.93. The number of amides is 7. The zero-order chi connectivity index (χ0) is 57.5. The number of fused-ring (bicyclic) bond motifs is 2. The van der Waals surface area contributed by atoms with Gasteiger partial charge in [-0.1, -0.05) is 120 Å². The maximum Gasteiger partial charge on any atom is 0.251 e. The molecule has 7 amide bonds. The molecule has 17 nitrogen and oxygen atoms in total. The molecule has 0 bridgehead atoms. The van der Waals surface area contributed by atoms with Gasteiger partial charge in [-0.25, -0.2) is 0 Å². The predicted molar refractivity (Wildman–Crippen MR) is 304 cm³/mol. The largest absolute Gasteiger partial charge is 0.496 e. The minimum Gasteiger partial charge on any atom is -0.496 e. The summed E-state index contributed by atoms with van der Waals surface area (Å²) < 4.78 is 5.81. The molecule has 2 heterocycles. The summed E-state index contributed by atoms with van der Waals surface area (Å²) in [6.07, 6.45) is 2.95. The number of para-hydroxylation sites is 1. The fraction of sp³-hybridized carbons (Fsp3) is 0.500. The zero-order valence-electron chi connectivity index (χ0n) is 48.2. The van der Waals surface area contributed by atoms with E-state index < -0.39 is 71.0 Å². The summed E-state index contributed by atoms with van der Waals surface area (Å²) in [7, 11) is 4.93. The first-order valence-corrected chi connectivity index (χ1v) is 27.8. The number of nitrogens with one attached hydrogen (secondary N) is 6. The summed E-state index contributed by atoms with van der Waals surface area (Å²) in [5.41, 5.74) is 4.45. The summed E-state index contributed by atoms with van der Waals surface area (Å²) in [6, 6.07) is 24.0. The average molecular weight is 1080 g/mol. The Hall–Kier alpha value is -7.11. The normalized spacial score (nSPS) is 20.0. The van der Waals surface area contributed by atoms with Crippen molar-refractivity contribution < 1.29 is 38.3 Å². The molecule has 4 aromatic rings. The molecule has 3 unspecified atom stereocenters. The van der Waals surface area contributed by atoms with E-state index in [2.05, 4.69) is 38.0 Å². The number of benzene rings is 4. The highest BCUT2D eigenvalue weighted by Crippen LogP contribution is 2.36. The van der Waals surface area contributed by atoms with E-state index in [4.69, 9.17) is 4.74 Å². The molecule has 1 saturated heterocycles. The second-order valence-corrected chi connectivity index (χ2v) is 23.7. The fourth-order valence-corrected chi connectivity index (χ4v) is 11.0. The van der Waals surface area contributed by atoms with Crippen LogP contribution in [0.1, 0.15) is 137 Å². The highest BCUT2D eigenvalue weighted by Gasteiger charge is 2.47. The number of rotatable bonds is 18. The predicted octanol–water partition coefficient (Wildman–Crippen LogP) is 5.91. The van der Waals surface area contributed by atoms with E-state index in [9.17, 15) is 24.0 Å². The Kier molecular flexibility index (Phi) is 19.1. The number of methoxy groups -OCH3 is 1. The Labute approximate surface area is 466 Å². The van der Waals surface area contributed by atoms with Crippen LogP contribution in [0.3, 0.4) is 0 Å². The van der Waals surface area contributed by atoms with Crippen molar-refractivity contribution in [1.82, 2.24) is 46.6 Å². The Balaban J connectivity index is 1.16. The number of aryl methyl sites for hydroxylation is 1. The monoisotopic (exact) mass is 1080 g/mol. The van der Waals surface area contributed by atoms with Gasteiger partial charge in [-0.05, 0) is 117 Å². The van der Waals surface area contributed by atoms with Crippen molar-refractivity contribution in [1.29, 1.82) is 0 Å². The molecule has 7 rings (SSSR count). The maximum absolute atomic E-state index is 15.6. The third kappa shape index (κ3) is 13.8. The maximum atomic E-state index is 15.6. The Morgan fingerprint density at radius 2 is 1.23 bits per heavy atom. The van der Waals surface area contributed by atoms with Crippen LogP contribution >= 0.6 is 0 Å². The molecule has 4 aromatic carbocycles. The van der Waals surface area contributed by atoms with Gasteiger partial charge in [0.1, 0.15) is 29.9 Å². The Morgan fingerprint density at radius 3 is 1.82 bits per heavy atom. The highest BCUT2D eigenvalue weighted by molar-refractivity contribution is 5.97. The van der Waals surface area contributed by atoms with Crippen molar-refractivity contribution in [3.05, 3.63) is 136 Å². The van der Waals surface area contributed by atoms with Gasteiger partial charge in [-0.2, -0.15) is 0 Å². The lowest BCUT2D eigenvalue weighted by molar-refractivity contribution is -0.152. The van der Waals surface area contributed by atoms with Crippen LogP contribution in [0.25, 0.3) is 0 Å². The number of hydrogen-bond acceptors (Lipinski definition) is 10. The van der Waals surface area contributed by atoms with Crippen molar-refractivity contribution in [3.8, 4) is 5.75 Å². The number of likely N-dealkylation sites (N-methyl/N-ethyl adjacent to an activating group) is 2. The number of likely N-dealkylation sites (tertiary alicyclic amines) is 1. The molecule has 17 heteroatoms. The van der Waals surface area contributed by atoms with Crippen molar-refractivity contribution >= 4 is 41.4 Å². The lowest BCUT2D eigenvalue weighted by Crippen LogP contribution is -2.62. The first-order chi connectivity index (χ1) is 37.4. The molecule has 0 saturated carbocycles. The molecule has 79 heavy (non-hydrogen) atoms. The number of hydrogen-bond donors (Lipinski definition) is 6. The van der Waals surface area contributed by atoms with Crippen LogP contribution in [0, 0.1) is 10.8 Å². The van der Waals surface area contributed by atoms with Crippen molar-refractivity contribution in [2.24, 2.45) is 10.8 Å². The first-order valence-electron chi connectivity index (χ1n) is 27.8. The van der Waals surface area contributed by atoms with Crippen LogP contribution in [-0.4, -0.2) is 126 Å². The van der Waals surface area contributed by atoms with Gasteiger partial charge >= 0.3 is 0 Å². The minimum atomic E-state index is -0.974. The van der Waals surface area contributed by atoms with E-state index in [-0.39, 0.29) is 68.1 Å². The van der Waals surface area contributed by atoms with Gasteiger partial charge in [0.15, 0.2) is 0 Å². The molecular formula is C62H83N9O8. The quantitative estimate of drug-likeness (QED) is 0.0694. The van der Waals surface area contributed by atoms with E-state index in [0.29, 0.717) is 16.9 Å². The Morgan fingerprint density at radius 1 is 0.671 bits per heavy atom. The molecule has 2 aliphatic heterocycles. The average Bonchev–Trinajstić information content (AvgIpc) is 4.02. The number of ether oxygens (including phenoxy) is 1. The number of carbonyl (C=O) groups is 7. The van der Waals surface area contributed by atoms with E-state index in [1.807, 2.05) is 115 Å². The van der Waals surface area contributed by atoms with Gasteiger partial charge < -0.3 is 51.3 Å². The van der Waals surface area contributed by atoms with Crippen molar-refractivity contribution in [2.75, 3.05) is 27.7 Å². The van der Waals surface area contributed by atoms with Gasteiger partial charge in [-0.15, -0.1) is 0 Å². The summed E-state index contributed by atoms with van der Waals surface area (Å²) in [4.78, 5) is 106. The van der Waals surface area contributed by atoms with E-state index in [0.717, 1.165) is 41.5 Å². The molecule has 3 aliphatic rings. The van der Waals surface area contributed by atoms with Gasteiger partial charge in [0.2, 0.25) is 35.4 Å². The van der Waals surface area contributed by atoms with E-state index in [1.54, 1.807) is 69.1 Å². The van der Waals surface area contributed by atoms with Crippen LogP contribution in [-0.2, 0) is 54.7 Å². The minimum absolute atomic E-state index is 0.0348. The third-order valence-electron chi connectivity index (χ3n) is 16.1. The highest BCUT2D eigenvalue weighted by atomic mass is 16.5. The number of carbonyl (C=O) groups excluding carboxylic acids is 7. The lowest BCUT2D eigenvalue weighted by Gasteiger charge is -2.43.